The molecule has 90 valence electrons. The van der Waals surface area contributed by atoms with Crippen LogP contribution in [-0.4, -0.2) is 23.5 Å². The monoisotopic (exact) mass is 318 g/mol. The number of halogens is 1. The molecular weight excluding hydrogens is 312 g/mol. The molecule has 0 aromatic carbocycles. The van der Waals surface area contributed by atoms with Crippen molar-refractivity contribution in [3.05, 3.63) is 35.2 Å². The van der Waals surface area contributed by atoms with E-state index in [-0.39, 0.29) is 17.3 Å². The van der Waals surface area contributed by atoms with Crippen LogP contribution in [0.2, 0.25) is 0 Å². The zero-order valence-electron chi connectivity index (χ0n) is 8.37. The molecule has 0 saturated heterocycles. The zero-order chi connectivity index (χ0) is 12.3. The molecule has 17 heavy (non-hydrogen) atoms. The average Bonchev–Trinajstić information content (AvgIpc) is 2.79. The molecule has 0 aliphatic heterocycles. The maximum Gasteiger partial charge on any atom is 0.242 e. The first-order chi connectivity index (χ1) is 8.08. The normalized spacial score (nSPS) is 11.6. The molecule has 0 aliphatic carbocycles. The van der Waals surface area contributed by atoms with Gasteiger partial charge in [0.2, 0.25) is 16.4 Å². The number of nitrogens with one attached hydrogen (secondary N) is 1. The summed E-state index contributed by atoms with van der Waals surface area (Å²) in [7, 11) is -3.62. The summed E-state index contributed by atoms with van der Waals surface area (Å²) >= 11 is 3.15. The molecule has 0 fully saturated rings. The Labute approximate surface area is 105 Å². The molecule has 2 heterocycles. The predicted molar refractivity (Wildman–Crippen MR) is 60.3 cm³/mol. The Morgan fingerprint density at radius 2 is 2.24 bits per heavy atom. The maximum absolute atomic E-state index is 11.8. The smallest absolute Gasteiger partial charge is 0.242 e. The summed E-state index contributed by atoms with van der Waals surface area (Å²) in [6.07, 6.45) is 3.88. The topological polar surface area (TPSA) is 98.0 Å². The first-order valence-electron chi connectivity index (χ1n) is 4.43. The van der Waals surface area contributed by atoms with E-state index in [1.807, 2.05) is 0 Å². The van der Waals surface area contributed by atoms with Crippen molar-refractivity contribution in [1.29, 1.82) is 0 Å². The van der Waals surface area contributed by atoms with Gasteiger partial charge in [-0.15, -0.1) is 0 Å². The SMILES string of the molecule is O=S(=O)(NCc1ncon1)c1cncc(Br)c1. The summed E-state index contributed by atoms with van der Waals surface area (Å²) in [5.74, 6) is 0.261. The summed E-state index contributed by atoms with van der Waals surface area (Å²) in [6.45, 7) is -0.0364. The van der Waals surface area contributed by atoms with E-state index in [1.54, 1.807) is 0 Å². The fraction of sp³-hybridized carbons (Fsp3) is 0.125. The molecule has 7 nitrogen and oxygen atoms in total. The highest BCUT2D eigenvalue weighted by atomic mass is 79.9. The lowest BCUT2D eigenvalue weighted by Crippen LogP contribution is -2.23. The van der Waals surface area contributed by atoms with Gasteiger partial charge in [0.1, 0.15) is 4.90 Å². The maximum atomic E-state index is 11.8. The van der Waals surface area contributed by atoms with E-state index in [4.69, 9.17) is 0 Å². The van der Waals surface area contributed by atoms with Crippen LogP contribution in [0.3, 0.4) is 0 Å². The van der Waals surface area contributed by atoms with Crippen LogP contribution in [-0.2, 0) is 16.6 Å². The average molecular weight is 319 g/mol. The van der Waals surface area contributed by atoms with Gasteiger partial charge >= 0.3 is 0 Å². The zero-order valence-corrected chi connectivity index (χ0v) is 10.8. The molecule has 0 saturated carbocycles. The fourth-order valence-corrected chi connectivity index (χ4v) is 2.54. The van der Waals surface area contributed by atoms with E-state index in [9.17, 15) is 8.42 Å². The van der Waals surface area contributed by atoms with Gasteiger partial charge in [-0.1, -0.05) is 5.16 Å². The summed E-state index contributed by atoms with van der Waals surface area (Å²) in [4.78, 5) is 7.55. The van der Waals surface area contributed by atoms with E-state index < -0.39 is 10.0 Å². The Morgan fingerprint density at radius 3 is 2.88 bits per heavy atom. The van der Waals surface area contributed by atoms with Crippen molar-refractivity contribution in [2.75, 3.05) is 0 Å². The minimum Gasteiger partial charge on any atom is -0.343 e. The lowest BCUT2D eigenvalue weighted by Gasteiger charge is -2.04. The Morgan fingerprint density at radius 1 is 1.41 bits per heavy atom. The Kier molecular flexibility index (Phi) is 3.50. The molecule has 0 unspecified atom stereocenters. The van der Waals surface area contributed by atoms with Crippen molar-refractivity contribution in [1.82, 2.24) is 19.8 Å². The highest BCUT2D eigenvalue weighted by molar-refractivity contribution is 9.10. The third-order valence-corrected chi connectivity index (χ3v) is 3.62. The number of nitrogens with zero attached hydrogens (tertiary/aromatic N) is 3. The van der Waals surface area contributed by atoms with Crippen LogP contribution in [0.1, 0.15) is 5.82 Å². The highest BCUT2D eigenvalue weighted by Gasteiger charge is 2.15. The minimum absolute atomic E-state index is 0.0364. The second-order valence-corrected chi connectivity index (χ2v) is 5.69. The third-order valence-electron chi connectivity index (χ3n) is 1.82. The van der Waals surface area contributed by atoms with E-state index in [0.29, 0.717) is 4.47 Å². The minimum atomic E-state index is -3.62. The summed E-state index contributed by atoms with van der Waals surface area (Å²) in [5, 5.41) is 3.49. The Balaban J connectivity index is 2.14. The summed E-state index contributed by atoms with van der Waals surface area (Å²) in [6, 6.07) is 1.45. The fourth-order valence-electron chi connectivity index (χ4n) is 1.05. The Hall–Kier alpha value is -1.32. The van der Waals surface area contributed by atoms with Crippen LogP contribution in [0, 0.1) is 0 Å². The van der Waals surface area contributed by atoms with Gasteiger partial charge in [0.15, 0.2) is 5.82 Å². The molecule has 0 aliphatic rings. The molecule has 2 rings (SSSR count). The quantitative estimate of drug-likeness (QED) is 0.891. The van der Waals surface area contributed by atoms with Gasteiger partial charge in [-0.3, -0.25) is 4.98 Å². The first-order valence-corrected chi connectivity index (χ1v) is 6.71. The second-order valence-electron chi connectivity index (χ2n) is 3.01. The van der Waals surface area contributed by atoms with Gasteiger partial charge in [0, 0.05) is 16.9 Å². The number of pyridine rings is 1. The molecule has 0 amide bonds. The van der Waals surface area contributed by atoms with Crippen LogP contribution in [0.4, 0.5) is 0 Å². The lowest BCUT2D eigenvalue weighted by atomic mass is 10.5. The van der Waals surface area contributed by atoms with Gasteiger partial charge in [-0.05, 0) is 22.0 Å². The molecule has 9 heteroatoms. The van der Waals surface area contributed by atoms with Crippen molar-refractivity contribution in [2.45, 2.75) is 11.4 Å². The highest BCUT2D eigenvalue weighted by Crippen LogP contribution is 2.14. The molecule has 2 aromatic rings. The van der Waals surface area contributed by atoms with Crippen molar-refractivity contribution < 1.29 is 12.9 Å². The number of hydrogen-bond acceptors (Lipinski definition) is 6. The Bertz CT molecular complexity index is 599. The molecule has 2 aromatic heterocycles. The van der Waals surface area contributed by atoms with Crippen LogP contribution < -0.4 is 4.72 Å². The first kappa shape index (κ1) is 12.1. The molecule has 0 radical (unpaired) electrons. The van der Waals surface area contributed by atoms with Crippen LogP contribution in [0.25, 0.3) is 0 Å². The number of aromatic nitrogens is 3. The second kappa shape index (κ2) is 4.90. The summed E-state index contributed by atoms with van der Waals surface area (Å²) in [5.41, 5.74) is 0. The molecule has 1 N–H and O–H groups in total. The molecular formula is C8H7BrN4O3S. The predicted octanol–water partition coefficient (Wildman–Crippen LogP) is 0.706. The van der Waals surface area contributed by atoms with Gasteiger partial charge in [0.05, 0.1) is 6.54 Å². The van der Waals surface area contributed by atoms with Crippen LogP contribution >= 0.6 is 15.9 Å². The van der Waals surface area contributed by atoms with Crippen LogP contribution in [0.5, 0.6) is 0 Å². The van der Waals surface area contributed by atoms with Crippen molar-refractivity contribution >= 4 is 26.0 Å². The van der Waals surface area contributed by atoms with Crippen molar-refractivity contribution in [2.24, 2.45) is 0 Å². The van der Waals surface area contributed by atoms with Crippen molar-refractivity contribution in [3.8, 4) is 0 Å². The number of rotatable bonds is 4. The van der Waals surface area contributed by atoms with Gasteiger partial charge in [0.25, 0.3) is 0 Å². The molecule has 0 atom stereocenters. The third kappa shape index (κ3) is 3.08. The number of sulfonamides is 1. The van der Waals surface area contributed by atoms with Gasteiger partial charge in [-0.2, -0.15) is 4.98 Å². The standard InChI is InChI=1S/C8H7BrN4O3S/c9-6-1-7(3-10-2-6)17(14,15)12-4-8-11-5-16-13-8/h1-3,5,12H,4H2. The van der Waals surface area contributed by atoms with Gasteiger partial charge in [-0.25, -0.2) is 13.1 Å². The molecule has 0 bridgehead atoms. The van der Waals surface area contributed by atoms with E-state index in [1.165, 1.54) is 18.5 Å². The van der Waals surface area contributed by atoms with E-state index >= 15 is 0 Å². The number of hydrogen-bond donors (Lipinski definition) is 1. The summed E-state index contributed by atoms with van der Waals surface area (Å²) < 4.78 is 31.0. The molecule has 0 spiro atoms. The van der Waals surface area contributed by atoms with Crippen molar-refractivity contribution in [3.63, 3.8) is 0 Å². The lowest BCUT2D eigenvalue weighted by molar-refractivity contribution is 0.409. The van der Waals surface area contributed by atoms with Crippen LogP contribution in [0.15, 0.2) is 38.7 Å². The largest absolute Gasteiger partial charge is 0.343 e. The van der Waals surface area contributed by atoms with Gasteiger partial charge < -0.3 is 4.52 Å². The van der Waals surface area contributed by atoms with E-state index in [2.05, 4.69) is 40.3 Å². The van der Waals surface area contributed by atoms with E-state index in [0.717, 1.165) is 6.39 Å².